The van der Waals surface area contributed by atoms with Gasteiger partial charge in [0.25, 0.3) is 0 Å². The number of fused-ring (bicyclic) bond motifs is 8. The molecule has 6 nitrogen and oxygen atoms in total. The molecule has 13 aromatic rings. The highest BCUT2D eigenvalue weighted by Crippen LogP contribution is 2.52. The molecule has 0 spiro atoms. The van der Waals surface area contributed by atoms with Crippen molar-refractivity contribution >= 4 is 99.5 Å². The second-order valence-electron chi connectivity index (χ2n) is 17.5. The smallest absolute Gasteiger partial charge is 0.159 e. The summed E-state index contributed by atoms with van der Waals surface area (Å²) in [5.74, 6) is 1.49. The molecule has 334 valence electrons. The molecule has 0 saturated carbocycles. The molecular weight excluding hydrogens is 861 g/mol. The van der Waals surface area contributed by atoms with Gasteiger partial charge in [-0.25, -0.2) is 0 Å². The molecule has 0 aliphatic carbocycles. The molecule has 0 bridgehead atoms. The van der Waals surface area contributed by atoms with E-state index in [1.165, 1.54) is 0 Å². The van der Waals surface area contributed by atoms with E-state index < -0.39 is 0 Å². The lowest BCUT2D eigenvalue weighted by molar-refractivity contribution is 0.416. The first-order valence-electron chi connectivity index (χ1n) is 23.5. The number of furan rings is 2. The van der Waals surface area contributed by atoms with Crippen molar-refractivity contribution in [2.24, 2.45) is 0 Å². The van der Waals surface area contributed by atoms with E-state index in [-0.39, 0.29) is 0 Å². The summed E-state index contributed by atoms with van der Waals surface area (Å²) in [6, 6.07) is 80.9. The second kappa shape index (κ2) is 16.8. The van der Waals surface area contributed by atoms with E-state index in [4.69, 9.17) is 18.3 Å². The molecule has 2 aromatic heterocycles. The van der Waals surface area contributed by atoms with Gasteiger partial charge < -0.3 is 28.1 Å². The number of nitrogens with zero attached hydrogens (tertiary/aromatic N) is 2. The van der Waals surface area contributed by atoms with Crippen LogP contribution >= 0.6 is 0 Å². The zero-order valence-corrected chi connectivity index (χ0v) is 38.5. The monoisotopic (exact) mass is 904 g/mol. The number of anilines is 6. The standard InChI is InChI=1S/C64H44N2O4/c1-67-59-33-15-11-27-53(59)65(55-29-17-25-49-45-23-9-13-31-57(45)69-63(49)55)43-35-37-47-51(39-43)61(41-19-5-3-6-20-41)48-38-36-44(40-52(48)62(47)42-21-7-4-8-22-42)66(54-28-12-16-34-60(54)68-2)56-30-18-26-50-46-24-10-14-32-58(46)70-64(50)56/h3-40H,1-2H3. The summed E-state index contributed by atoms with van der Waals surface area (Å²) in [6.45, 7) is 0. The minimum Gasteiger partial charge on any atom is -0.495 e. The second-order valence-corrected chi connectivity index (χ2v) is 17.5. The quantitative estimate of drug-likeness (QED) is 0.127. The summed E-state index contributed by atoms with van der Waals surface area (Å²) in [6.07, 6.45) is 0. The third-order valence-corrected chi connectivity index (χ3v) is 13.6. The number of hydrogen-bond acceptors (Lipinski definition) is 6. The van der Waals surface area contributed by atoms with Gasteiger partial charge in [-0.3, -0.25) is 0 Å². The van der Waals surface area contributed by atoms with Crippen molar-refractivity contribution in [2.45, 2.75) is 0 Å². The third kappa shape index (κ3) is 6.56. The fraction of sp³-hybridized carbons (Fsp3) is 0.0312. The number of hydrogen-bond donors (Lipinski definition) is 0. The van der Waals surface area contributed by atoms with Crippen LogP contribution in [0.15, 0.2) is 239 Å². The van der Waals surface area contributed by atoms with Gasteiger partial charge in [0.15, 0.2) is 11.2 Å². The van der Waals surface area contributed by atoms with Crippen LogP contribution in [0.2, 0.25) is 0 Å². The molecule has 0 unspecified atom stereocenters. The van der Waals surface area contributed by atoms with Gasteiger partial charge in [0.2, 0.25) is 0 Å². The van der Waals surface area contributed by atoms with E-state index in [1.807, 2.05) is 48.5 Å². The molecule has 0 fully saturated rings. The Hall–Kier alpha value is -9.26. The van der Waals surface area contributed by atoms with E-state index >= 15 is 0 Å². The highest BCUT2D eigenvalue weighted by Gasteiger charge is 2.27. The minimum absolute atomic E-state index is 0.743. The maximum Gasteiger partial charge on any atom is 0.159 e. The molecule has 70 heavy (non-hydrogen) atoms. The van der Waals surface area contributed by atoms with Gasteiger partial charge in [-0.1, -0.05) is 158 Å². The van der Waals surface area contributed by atoms with Crippen LogP contribution in [0.1, 0.15) is 0 Å². The van der Waals surface area contributed by atoms with Gasteiger partial charge in [0, 0.05) is 32.9 Å². The predicted octanol–water partition coefficient (Wildman–Crippen LogP) is 18.1. The highest BCUT2D eigenvalue weighted by atomic mass is 16.5. The maximum absolute atomic E-state index is 6.74. The van der Waals surface area contributed by atoms with Crippen molar-refractivity contribution in [3.8, 4) is 33.8 Å². The fourth-order valence-corrected chi connectivity index (χ4v) is 10.6. The third-order valence-electron chi connectivity index (χ3n) is 13.6. The Balaban J connectivity index is 1.12. The van der Waals surface area contributed by atoms with E-state index in [2.05, 4.69) is 192 Å². The summed E-state index contributed by atoms with van der Waals surface area (Å²) in [5.41, 5.74) is 13.3. The summed E-state index contributed by atoms with van der Waals surface area (Å²) in [4.78, 5) is 4.55. The zero-order valence-electron chi connectivity index (χ0n) is 38.5. The van der Waals surface area contributed by atoms with Gasteiger partial charge >= 0.3 is 0 Å². The average Bonchev–Trinajstić information content (AvgIpc) is 4.01. The Morgan fingerprint density at radius 1 is 0.300 bits per heavy atom. The van der Waals surface area contributed by atoms with Crippen molar-refractivity contribution in [3.63, 3.8) is 0 Å². The zero-order chi connectivity index (χ0) is 46.7. The lowest BCUT2D eigenvalue weighted by Crippen LogP contribution is -2.12. The van der Waals surface area contributed by atoms with Crippen LogP contribution in [0.3, 0.4) is 0 Å². The Morgan fingerprint density at radius 3 is 1.11 bits per heavy atom. The number of para-hydroxylation sites is 8. The molecule has 0 N–H and O–H groups in total. The first-order valence-corrected chi connectivity index (χ1v) is 23.5. The summed E-state index contributed by atoms with van der Waals surface area (Å²) in [5, 5.41) is 8.67. The van der Waals surface area contributed by atoms with Gasteiger partial charge in [0.1, 0.15) is 22.7 Å². The molecule has 0 amide bonds. The maximum atomic E-state index is 6.74. The predicted molar refractivity (Wildman–Crippen MR) is 289 cm³/mol. The van der Waals surface area contributed by atoms with Crippen LogP contribution in [-0.4, -0.2) is 14.2 Å². The van der Waals surface area contributed by atoms with Crippen molar-refractivity contribution in [3.05, 3.63) is 231 Å². The summed E-state index contributed by atoms with van der Waals surface area (Å²) < 4.78 is 25.7. The van der Waals surface area contributed by atoms with Gasteiger partial charge in [-0.15, -0.1) is 0 Å². The molecule has 0 aliphatic rings. The topological polar surface area (TPSA) is 51.2 Å². The SMILES string of the molecule is COc1ccccc1N(c1ccc2c(-c3ccccc3)c3cc(N(c4ccccc4OC)c4cccc5c4oc4ccccc45)ccc3c(-c3ccccc3)c2c1)c1cccc2c1oc1ccccc12. The lowest BCUT2D eigenvalue weighted by Gasteiger charge is -2.29. The highest BCUT2D eigenvalue weighted by molar-refractivity contribution is 6.23. The van der Waals surface area contributed by atoms with Crippen LogP contribution in [-0.2, 0) is 0 Å². The first kappa shape index (κ1) is 41.0. The van der Waals surface area contributed by atoms with Crippen LogP contribution in [0.25, 0.3) is 87.7 Å². The number of benzene rings is 11. The Labute approximate surface area is 404 Å². The Bertz CT molecular complexity index is 3850. The summed E-state index contributed by atoms with van der Waals surface area (Å²) in [7, 11) is 3.46. The van der Waals surface area contributed by atoms with Crippen molar-refractivity contribution in [1.29, 1.82) is 0 Å². The molecule has 0 atom stereocenters. The number of ether oxygens (including phenoxy) is 2. The molecule has 2 heterocycles. The molecule has 0 aliphatic heterocycles. The largest absolute Gasteiger partial charge is 0.495 e. The molecule has 13 rings (SSSR count). The number of methoxy groups -OCH3 is 2. The molecule has 0 saturated heterocycles. The van der Waals surface area contributed by atoms with Crippen molar-refractivity contribution < 1.29 is 18.3 Å². The Morgan fingerprint density at radius 2 is 0.671 bits per heavy atom. The number of rotatable bonds is 10. The molecule has 11 aromatic carbocycles. The van der Waals surface area contributed by atoms with Crippen molar-refractivity contribution in [1.82, 2.24) is 0 Å². The van der Waals surface area contributed by atoms with E-state index in [0.29, 0.717) is 0 Å². The van der Waals surface area contributed by atoms with Gasteiger partial charge in [0.05, 0.1) is 37.0 Å². The molecule has 6 heteroatoms. The van der Waals surface area contributed by atoms with Crippen LogP contribution in [0.5, 0.6) is 11.5 Å². The minimum atomic E-state index is 0.743. The average molecular weight is 905 g/mol. The first-order chi connectivity index (χ1) is 34.7. The van der Waals surface area contributed by atoms with E-state index in [9.17, 15) is 0 Å². The van der Waals surface area contributed by atoms with E-state index in [1.54, 1.807) is 14.2 Å². The van der Waals surface area contributed by atoms with Crippen LogP contribution in [0.4, 0.5) is 34.1 Å². The van der Waals surface area contributed by atoms with Crippen LogP contribution < -0.4 is 19.3 Å². The van der Waals surface area contributed by atoms with Gasteiger partial charge in [-0.05, 0) is 117 Å². The summed E-state index contributed by atoms with van der Waals surface area (Å²) >= 11 is 0. The Kier molecular flexibility index (Phi) is 9.84. The normalized spacial score (nSPS) is 11.6. The molecular formula is C64H44N2O4. The fourth-order valence-electron chi connectivity index (χ4n) is 10.6. The van der Waals surface area contributed by atoms with Gasteiger partial charge in [-0.2, -0.15) is 0 Å². The van der Waals surface area contributed by atoms with Crippen LogP contribution in [0, 0.1) is 0 Å². The molecule has 0 radical (unpaired) electrons. The van der Waals surface area contributed by atoms with E-state index in [0.717, 1.165) is 133 Å². The van der Waals surface area contributed by atoms with Crippen molar-refractivity contribution in [2.75, 3.05) is 24.0 Å². The lowest BCUT2D eigenvalue weighted by atomic mass is 9.85.